The minimum Gasteiger partial charge on any atom is -0.497 e. The second kappa shape index (κ2) is 8.73. The number of nitrogens with zero attached hydrogens (tertiary/aromatic N) is 2. The topological polar surface area (TPSA) is 77.8 Å². The van der Waals surface area contributed by atoms with Gasteiger partial charge in [-0.05, 0) is 50.6 Å². The monoisotopic (exact) mass is 386 g/mol. The van der Waals surface area contributed by atoms with E-state index in [2.05, 4.69) is 0 Å². The van der Waals surface area contributed by atoms with E-state index < -0.39 is 5.97 Å². The van der Waals surface area contributed by atoms with Crippen molar-refractivity contribution in [1.29, 1.82) is 0 Å². The molecular weight excluding hydrogens is 360 g/mol. The SMILES string of the molecule is CCn1c(C)c(C(=O)CN(C)C(=O)c2ccc(OC)cc2)c(C)c1C(=O)OC. The van der Waals surface area contributed by atoms with Gasteiger partial charge in [0.05, 0.1) is 20.8 Å². The molecule has 1 amide bonds. The standard InChI is InChI=1S/C21H26N2O5/c1-7-23-14(3)18(13(2)19(23)21(26)28-6)17(24)12-22(4)20(25)15-8-10-16(27-5)11-9-15/h8-11H,7,12H2,1-6H3. The average molecular weight is 386 g/mol. The Kier molecular flexibility index (Phi) is 6.62. The van der Waals surface area contributed by atoms with E-state index in [4.69, 9.17) is 9.47 Å². The number of aromatic nitrogens is 1. The lowest BCUT2D eigenvalue weighted by Crippen LogP contribution is -2.32. The van der Waals surface area contributed by atoms with Crippen molar-refractivity contribution in [3.05, 3.63) is 52.3 Å². The average Bonchev–Trinajstić information content (AvgIpc) is 2.96. The third-order valence-corrected chi connectivity index (χ3v) is 4.81. The van der Waals surface area contributed by atoms with Crippen LogP contribution in [0.15, 0.2) is 24.3 Å². The Hall–Kier alpha value is -3.09. The van der Waals surface area contributed by atoms with E-state index in [0.29, 0.717) is 40.4 Å². The number of carbonyl (C=O) groups excluding carboxylic acids is 3. The Labute approximate surface area is 164 Å². The fourth-order valence-corrected chi connectivity index (χ4v) is 3.38. The summed E-state index contributed by atoms with van der Waals surface area (Å²) in [6.45, 7) is 5.85. The molecule has 0 bridgehead atoms. The molecular formula is C21H26N2O5. The number of rotatable bonds is 7. The van der Waals surface area contributed by atoms with Crippen molar-refractivity contribution in [2.24, 2.45) is 0 Å². The zero-order valence-corrected chi connectivity index (χ0v) is 17.2. The van der Waals surface area contributed by atoms with E-state index in [1.54, 1.807) is 56.8 Å². The Balaban J connectivity index is 2.27. The molecule has 0 aliphatic heterocycles. The van der Waals surface area contributed by atoms with Gasteiger partial charge in [-0.2, -0.15) is 0 Å². The molecule has 0 spiro atoms. The van der Waals surface area contributed by atoms with E-state index in [9.17, 15) is 14.4 Å². The second-order valence-corrected chi connectivity index (χ2v) is 6.48. The lowest BCUT2D eigenvalue weighted by atomic mass is 10.0. The molecule has 28 heavy (non-hydrogen) atoms. The Morgan fingerprint density at radius 2 is 1.68 bits per heavy atom. The van der Waals surface area contributed by atoms with Gasteiger partial charge in [0.15, 0.2) is 5.78 Å². The Morgan fingerprint density at radius 3 is 2.18 bits per heavy atom. The van der Waals surface area contributed by atoms with Crippen molar-refractivity contribution in [2.45, 2.75) is 27.3 Å². The first-order chi connectivity index (χ1) is 13.3. The molecule has 1 aromatic heterocycles. The predicted octanol–water partition coefficient (Wildman–Crippen LogP) is 2.87. The van der Waals surface area contributed by atoms with Crippen LogP contribution in [-0.2, 0) is 11.3 Å². The number of methoxy groups -OCH3 is 2. The van der Waals surface area contributed by atoms with Crippen LogP contribution in [0.1, 0.15) is 49.4 Å². The molecule has 0 radical (unpaired) electrons. The van der Waals surface area contributed by atoms with Crippen molar-refractivity contribution in [1.82, 2.24) is 9.47 Å². The predicted molar refractivity (Wildman–Crippen MR) is 105 cm³/mol. The van der Waals surface area contributed by atoms with Crippen molar-refractivity contribution in [3.63, 3.8) is 0 Å². The summed E-state index contributed by atoms with van der Waals surface area (Å²) >= 11 is 0. The number of Topliss-reactive ketones (excluding diaryl/α,β-unsaturated/α-hetero) is 1. The summed E-state index contributed by atoms with van der Waals surface area (Å²) in [6.07, 6.45) is 0. The first kappa shape index (κ1) is 21.2. The van der Waals surface area contributed by atoms with Crippen LogP contribution >= 0.6 is 0 Å². The number of benzene rings is 1. The van der Waals surface area contributed by atoms with Gasteiger partial charge in [0, 0.05) is 30.4 Å². The summed E-state index contributed by atoms with van der Waals surface area (Å²) in [4.78, 5) is 39.1. The van der Waals surface area contributed by atoms with Gasteiger partial charge < -0.3 is 18.9 Å². The molecule has 0 aliphatic rings. The molecule has 0 fully saturated rings. The highest BCUT2D eigenvalue weighted by molar-refractivity contribution is 6.06. The van der Waals surface area contributed by atoms with Crippen LogP contribution in [0.2, 0.25) is 0 Å². The lowest BCUT2D eigenvalue weighted by Gasteiger charge is -2.17. The molecule has 1 aromatic carbocycles. The molecule has 0 atom stereocenters. The fourth-order valence-electron chi connectivity index (χ4n) is 3.38. The first-order valence-electron chi connectivity index (χ1n) is 8.97. The fraction of sp³-hybridized carbons (Fsp3) is 0.381. The van der Waals surface area contributed by atoms with Crippen LogP contribution < -0.4 is 4.74 Å². The van der Waals surface area contributed by atoms with Crippen molar-refractivity contribution in [3.8, 4) is 5.75 Å². The summed E-state index contributed by atoms with van der Waals surface area (Å²) < 4.78 is 11.7. The van der Waals surface area contributed by atoms with E-state index >= 15 is 0 Å². The molecule has 150 valence electrons. The molecule has 0 aliphatic carbocycles. The number of esters is 1. The summed E-state index contributed by atoms with van der Waals surface area (Å²) in [6, 6.07) is 6.70. The van der Waals surface area contributed by atoms with E-state index in [1.807, 2.05) is 6.92 Å². The molecule has 0 saturated carbocycles. The minimum absolute atomic E-state index is 0.0963. The van der Waals surface area contributed by atoms with Gasteiger partial charge in [0.2, 0.25) is 0 Å². The molecule has 2 aromatic rings. The first-order valence-corrected chi connectivity index (χ1v) is 8.97. The van der Waals surface area contributed by atoms with Crippen LogP contribution in [0.5, 0.6) is 5.75 Å². The molecule has 0 N–H and O–H groups in total. The number of ketones is 1. The van der Waals surface area contributed by atoms with Crippen LogP contribution in [0.25, 0.3) is 0 Å². The maximum atomic E-state index is 12.9. The van der Waals surface area contributed by atoms with Crippen LogP contribution in [-0.4, -0.2) is 54.9 Å². The highest BCUT2D eigenvalue weighted by Crippen LogP contribution is 2.24. The maximum absolute atomic E-state index is 12.9. The maximum Gasteiger partial charge on any atom is 0.354 e. The number of likely N-dealkylation sites (N-methyl/N-ethyl adjacent to an activating group) is 1. The normalized spacial score (nSPS) is 10.5. The Morgan fingerprint density at radius 1 is 1.07 bits per heavy atom. The molecule has 7 nitrogen and oxygen atoms in total. The number of amides is 1. The van der Waals surface area contributed by atoms with Gasteiger partial charge in [-0.3, -0.25) is 9.59 Å². The van der Waals surface area contributed by atoms with Crippen molar-refractivity contribution >= 4 is 17.7 Å². The molecule has 7 heteroatoms. The van der Waals surface area contributed by atoms with Crippen LogP contribution in [0.4, 0.5) is 0 Å². The number of hydrogen-bond acceptors (Lipinski definition) is 5. The van der Waals surface area contributed by atoms with Crippen molar-refractivity contribution < 1.29 is 23.9 Å². The summed E-state index contributed by atoms with van der Waals surface area (Å²) in [5.74, 6) is -0.326. The zero-order chi connectivity index (χ0) is 21.0. The summed E-state index contributed by atoms with van der Waals surface area (Å²) in [7, 11) is 4.44. The van der Waals surface area contributed by atoms with Gasteiger partial charge >= 0.3 is 5.97 Å². The van der Waals surface area contributed by atoms with Crippen molar-refractivity contribution in [2.75, 3.05) is 27.8 Å². The van der Waals surface area contributed by atoms with Gasteiger partial charge in [0.25, 0.3) is 5.91 Å². The smallest absolute Gasteiger partial charge is 0.354 e. The minimum atomic E-state index is -0.482. The van der Waals surface area contributed by atoms with E-state index in [1.165, 1.54) is 12.0 Å². The van der Waals surface area contributed by atoms with Gasteiger partial charge in [0.1, 0.15) is 11.4 Å². The number of ether oxygens (including phenoxy) is 2. The quantitative estimate of drug-likeness (QED) is 0.540. The zero-order valence-electron chi connectivity index (χ0n) is 17.2. The molecule has 1 heterocycles. The number of carbonyl (C=O) groups is 3. The van der Waals surface area contributed by atoms with Crippen LogP contribution in [0.3, 0.4) is 0 Å². The Bertz CT molecular complexity index is 897. The lowest BCUT2D eigenvalue weighted by molar-refractivity contribution is 0.0587. The van der Waals surface area contributed by atoms with E-state index in [-0.39, 0.29) is 18.2 Å². The molecule has 0 saturated heterocycles. The number of hydrogen-bond donors (Lipinski definition) is 0. The third kappa shape index (κ3) is 3.93. The van der Waals surface area contributed by atoms with Gasteiger partial charge in [-0.1, -0.05) is 0 Å². The molecule has 0 unspecified atom stereocenters. The van der Waals surface area contributed by atoms with Crippen LogP contribution in [0, 0.1) is 13.8 Å². The highest BCUT2D eigenvalue weighted by atomic mass is 16.5. The van der Waals surface area contributed by atoms with E-state index in [0.717, 1.165) is 0 Å². The van der Waals surface area contributed by atoms with Gasteiger partial charge in [-0.15, -0.1) is 0 Å². The second-order valence-electron chi connectivity index (χ2n) is 6.48. The third-order valence-electron chi connectivity index (χ3n) is 4.81. The summed E-state index contributed by atoms with van der Waals surface area (Å²) in [5, 5.41) is 0. The summed E-state index contributed by atoms with van der Waals surface area (Å²) in [5.41, 5.74) is 2.55. The largest absolute Gasteiger partial charge is 0.497 e. The highest BCUT2D eigenvalue weighted by Gasteiger charge is 2.27. The molecule has 2 rings (SSSR count). The van der Waals surface area contributed by atoms with Gasteiger partial charge in [-0.25, -0.2) is 4.79 Å².